The SMILES string of the molecule is O=C(CS)c1ccc(SNc2ccc3c(c2)OCO3)cc1. The number of fused-ring (bicyclic) bond motifs is 1. The van der Waals surface area contributed by atoms with Crippen molar-refractivity contribution >= 4 is 36.0 Å². The summed E-state index contributed by atoms with van der Waals surface area (Å²) in [7, 11) is 0. The lowest BCUT2D eigenvalue weighted by Gasteiger charge is -2.07. The number of hydrogen-bond donors (Lipinski definition) is 2. The first-order valence-electron chi connectivity index (χ1n) is 6.33. The number of ether oxygens (including phenoxy) is 2. The molecule has 0 aliphatic carbocycles. The van der Waals surface area contributed by atoms with Gasteiger partial charge in [0.1, 0.15) is 0 Å². The summed E-state index contributed by atoms with van der Waals surface area (Å²) >= 11 is 5.45. The monoisotopic (exact) mass is 319 g/mol. The highest BCUT2D eigenvalue weighted by atomic mass is 32.2. The molecule has 108 valence electrons. The summed E-state index contributed by atoms with van der Waals surface area (Å²) in [5.74, 6) is 1.76. The number of carbonyl (C=O) groups is 1. The number of thiol groups is 1. The Morgan fingerprint density at radius 3 is 2.67 bits per heavy atom. The fraction of sp³-hybridized carbons (Fsp3) is 0.133. The van der Waals surface area contributed by atoms with Crippen LogP contribution in [0, 0.1) is 0 Å². The molecule has 1 aliphatic heterocycles. The predicted octanol–water partition coefficient (Wildman–Crippen LogP) is 3.65. The summed E-state index contributed by atoms with van der Waals surface area (Å²) in [6.45, 7) is 0.270. The van der Waals surface area contributed by atoms with Gasteiger partial charge in [-0.2, -0.15) is 12.6 Å². The zero-order chi connectivity index (χ0) is 14.7. The number of Topliss-reactive ketones (excluding diaryl/α,β-unsaturated/α-hetero) is 1. The van der Waals surface area contributed by atoms with Crippen molar-refractivity contribution in [2.45, 2.75) is 4.90 Å². The van der Waals surface area contributed by atoms with Crippen LogP contribution in [0.25, 0.3) is 0 Å². The molecule has 0 saturated carbocycles. The minimum absolute atomic E-state index is 0.0265. The summed E-state index contributed by atoms with van der Waals surface area (Å²) in [6.07, 6.45) is 0. The number of anilines is 1. The molecule has 1 aliphatic rings. The summed E-state index contributed by atoms with van der Waals surface area (Å²) in [4.78, 5) is 12.5. The maximum absolute atomic E-state index is 11.5. The van der Waals surface area contributed by atoms with Crippen LogP contribution in [0.1, 0.15) is 10.4 Å². The second-order valence-electron chi connectivity index (χ2n) is 4.38. The molecule has 0 amide bonds. The summed E-state index contributed by atoms with van der Waals surface area (Å²) < 4.78 is 13.8. The highest BCUT2D eigenvalue weighted by Crippen LogP contribution is 2.35. The molecule has 4 nitrogen and oxygen atoms in total. The van der Waals surface area contributed by atoms with Crippen molar-refractivity contribution in [3.8, 4) is 11.5 Å². The van der Waals surface area contributed by atoms with Crippen molar-refractivity contribution in [1.29, 1.82) is 0 Å². The second kappa shape index (κ2) is 6.32. The fourth-order valence-corrected chi connectivity index (χ4v) is 2.70. The van der Waals surface area contributed by atoms with Crippen LogP contribution in [-0.4, -0.2) is 18.3 Å². The van der Waals surface area contributed by atoms with E-state index < -0.39 is 0 Å². The van der Waals surface area contributed by atoms with Crippen molar-refractivity contribution in [1.82, 2.24) is 0 Å². The number of ketones is 1. The number of hydrogen-bond acceptors (Lipinski definition) is 6. The van der Waals surface area contributed by atoms with Crippen LogP contribution >= 0.6 is 24.6 Å². The molecule has 0 fully saturated rings. The van der Waals surface area contributed by atoms with Crippen LogP contribution in [0.4, 0.5) is 5.69 Å². The lowest BCUT2D eigenvalue weighted by molar-refractivity contribution is 0.102. The largest absolute Gasteiger partial charge is 0.454 e. The predicted molar refractivity (Wildman–Crippen MR) is 86.7 cm³/mol. The zero-order valence-corrected chi connectivity index (χ0v) is 12.7. The van der Waals surface area contributed by atoms with Gasteiger partial charge in [0, 0.05) is 22.2 Å². The Hall–Kier alpha value is -1.79. The van der Waals surface area contributed by atoms with E-state index in [1.54, 1.807) is 0 Å². The fourth-order valence-electron chi connectivity index (χ4n) is 1.88. The molecule has 0 bridgehead atoms. The van der Waals surface area contributed by atoms with Gasteiger partial charge in [0.05, 0.1) is 5.75 Å². The van der Waals surface area contributed by atoms with Gasteiger partial charge < -0.3 is 14.2 Å². The minimum atomic E-state index is 0.0265. The quantitative estimate of drug-likeness (QED) is 0.500. The maximum atomic E-state index is 11.5. The molecule has 0 unspecified atom stereocenters. The van der Waals surface area contributed by atoms with E-state index in [0.29, 0.717) is 5.56 Å². The molecule has 1 N–H and O–H groups in total. The molecule has 2 aromatic carbocycles. The van der Waals surface area contributed by atoms with E-state index in [1.165, 1.54) is 11.9 Å². The first-order valence-corrected chi connectivity index (χ1v) is 7.78. The van der Waals surface area contributed by atoms with E-state index >= 15 is 0 Å². The van der Waals surface area contributed by atoms with Crippen molar-refractivity contribution in [2.75, 3.05) is 17.3 Å². The van der Waals surface area contributed by atoms with Gasteiger partial charge in [0.25, 0.3) is 0 Å². The van der Waals surface area contributed by atoms with Crippen LogP contribution in [0.3, 0.4) is 0 Å². The summed E-state index contributed by atoms with van der Waals surface area (Å²) in [5.41, 5.74) is 1.61. The smallest absolute Gasteiger partial charge is 0.231 e. The first-order chi connectivity index (χ1) is 10.3. The molecule has 0 spiro atoms. The Morgan fingerprint density at radius 1 is 1.14 bits per heavy atom. The molecule has 0 saturated heterocycles. The highest BCUT2D eigenvalue weighted by Gasteiger charge is 2.13. The number of rotatable bonds is 5. The Balaban J connectivity index is 1.63. The van der Waals surface area contributed by atoms with Crippen LogP contribution < -0.4 is 14.2 Å². The van der Waals surface area contributed by atoms with Gasteiger partial charge in [-0.05, 0) is 36.2 Å². The summed E-state index contributed by atoms with van der Waals surface area (Å²) in [5, 5.41) is 0. The van der Waals surface area contributed by atoms with E-state index in [-0.39, 0.29) is 18.3 Å². The van der Waals surface area contributed by atoms with Gasteiger partial charge in [0.15, 0.2) is 17.3 Å². The third-order valence-corrected chi connectivity index (χ3v) is 4.11. The Labute approximate surface area is 132 Å². The van der Waals surface area contributed by atoms with E-state index in [4.69, 9.17) is 9.47 Å². The average Bonchev–Trinajstić information content (AvgIpc) is 3.00. The molecule has 6 heteroatoms. The standard InChI is InChI=1S/C15H13NO3S2/c17-13(8-20)10-1-4-12(5-2-10)21-16-11-3-6-14-15(7-11)19-9-18-14/h1-7,16,20H,8-9H2. The normalized spacial score (nSPS) is 12.2. The van der Waals surface area contributed by atoms with Gasteiger partial charge in [0.2, 0.25) is 6.79 Å². The molecular weight excluding hydrogens is 306 g/mol. The first kappa shape index (κ1) is 14.2. The molecule has 21 heavy (non-hydrogen) atoms. The number of nitrogens with one attached hydrogen (secondary N) is 1. The van der Waals surface area contributed by atoms with Gasteiger partial charge in [-0.25, -0.2) is 0 Å². The lowest BCUT2D eigenvalue weighted by Crippen LogP contribution is -1.99. The van der Waals surface area contributed by atoms with Gasteiger partial charge in [-0.1, -0.05) is 12.1 Å². The van der Waals surface area contributed by atoms with Crippen LogP contribution in [0.5, 0.6) is 11.5 Å². The molecule has 1 heterocycles. The van der Waals surface area contributed by atoms with Gasteiger partial charge in [-0.3, -0.25) is 4.79 Å². The van der Waals surface area contributed by atoms with Gasteiger partial charge >= 0.3 is 0 Å². The van der Waals surface area contributed by atoms with E-state index in [0.717, 1.165) is 22.1 Å². The molecule has 3 rings (SSSR count). The van der Waals surface area contributed by atoms with Crippen molar-refractivity contribution < 1.29 is 14.3 Å². The van der Waals surface area contributed by atoms with E-state index in [1.807, 2.05) is 42.5 Å². The van der Waals surface area contributed by atoms with Gasteiger partial charge in [-0.15, -0.1) is 0 Å². The lowest BCUT2D eigenvalue weighted by atomic mass is 10.1. The topological polar surface area (TPSA) is 47.6 Å². The zero-order valence-electron chi connectivity index (χ0n) is 11.0. The third-order valence-electron chi connectivity index (χ3n) is 2.98. The minimum Gasteiger partial charge on any atom is -0.454 e. The molecule has 0 radical (unpaired) electrons. The number of benzene rings is 2. The van der Waals surface area contributed by atoms with Crippen LogP contribution in [-0.2, 0) is 0 Å². The van der Waals surface area contributed by atoms with Crippen molar-refractivity contribution in [3.63, 3.8) is 0 Å². The highest BCUT2D eigenvalue weighted by molar-refractivity contribution is 8.00. The molecule has 0 aromatic heterocycles. The average molecular weight is 319 g/mol. The molecular formula is C15H13NO3S2. The van der Waals surface area contributed by atoms with Crippen molar-refractivity contribution in [3.05, 3.63) is 48.0 Å². The summed E-state index contributed by atoms with van der Waals surface area (Å²) in [6, 6.07) is 13.1. The van der Waals surface area contributed by atoms with Crippen LogP contribution in [0.15, 0.2) is 47.4 Å². The van der Waals surface area contributed by atoms with E-state index in [9.17, 15) is 4.79 Å². The third kappa shape index (κ3) is 3.28. The van der Waals surface area contributed by atoms with Crippen LogP contribution in [0.2, 0.25) is 0 Å². The molecule has 2 aromatic rings. The Kier molecular flexibility index (Phi) is 4.26. The number of carbonyl (C=O) groups excluding carboxylic acids is 1. The van der Waals surface area contributed by atoms with E-state index in [2.05, 4.69) is 17.4 Å². The Morgan fingerprint density at radius 2 is 1.90 bits per heavy atom. The molecule has 0 atom stereocenters. The van der Waals surface area contributed by atoms with Crippen molar-refractivity contribution in [2.24, 2.45) is 0 Å². The second-order valence-corrected chi connectivity index (χ2v) is 5.57. The Bertz CT molecular complexity index is 658. The maximum Gasteiger partial charge on any atom is 0.231 e.